The number of aliphatic carboxylic acids is 1. The van der Waals surface area contributed by atoms with Gasteiger partial charge in [-0.2, -0.15) is 13.1 Å². The maximum atomic E-state index is 11.7. The molecule has 1 rings (SSSR count). The van der Waals surface area contributed by atoms with E-state index in [1.807, 2.05) is 13.8 Å². The Bertz CT molecular complexity index is 514. The molecule has 0 bridgehead atoms. The fourth-order valence-electron chi connectivity index (χ4n) is 1.38. The van der Waals surface area contributed by atoms with E-state index in [1.165, 1.54) is 0 Å². The summed E-state index contributed by atoms with van der Waals surface area (Å²) in [5, 5.41) is 9.11. The maximum Gasteiger partial charge on any atom is 0.326 e. The minimum absolute atomic E-state index is 0.136. The Labute approximate surface area is 113 Å². The molecule has 1 unspecified atom stereocenters. The van der Waals surface area contributed by atoms with Crippen LogP contribution in [0.3, 0.4) is 0 Å². The molecule has 19 heavy (non-hydrogen) atoms. The van der Waals surface area contributed by atoms with Crippen LogP contribution < -0.4 is 9.44 Å². The summed E-state index contributed by atoms with van der Waals surface area (Å²) in [6.07, 6.45) is 0. The van der Waals surface area contributed by atoms with E-state index < -0.39 is 22.2 Å². The first-order valence-corrected chi connectivity index (χ1v) is 7.35. The van der Waals surface area contributed by atoms with Gasteiger partial charge < -0.3 is 5.11 Å². The molecule has 0 aliphatic heterocycles. The van der Waals surface area contributed by atoms with E-state index >= 15 is 0 Å². The van der Waals surface area contributed by atoms with Crippen LogP contribution in [-0.2, 0) is 15.0 Å². The van der Waals surface area contributed by atoms with Crippen molar-refractivity contribution >= 4 is 16.2 Å². The van der Waals surface area contributed by atoms with Crippen molar-refractivity contribution in [2.75, 3.05) is 6.54 Å². The topological polar surface area (TPSA) is 95.5 Å². The van der Waals surface area contributed by atoms with E-state index in [9.17, 15) is 13.2 Å². The standard InChI is InChI=1S/C12H18N2O4S/c1-9(2)8-13-19(17,18)14-11(12(15)16)10-6-4-3-5-7-10/h3-7,9,11,13-14H,8H2,1-2H3,(H,15,16). The third-order valence-corrected chi connectivity index (χ3v) is 3.43. The van der Waals surface area contributed by atoms with Gasteiger partial charge in [-0.25, -0.2) is 4.72 Å². The summed E-state index contributed by atoms with van der Waals surface area (Å²) in [6.45, 7) is 3.96. The van der Waals surface area contributed by atoms with Crippen LogP contribution in [0.15, 0.2) is 30.3 Å². The minimum atomic E-state index is -3.85. The highest BCUT2D eigenvalue weighted by Crippen LogP contribution is 2.13. The normalized spacial score (nSPS) is 13.4. The van der Waals surface area contributed by atoms with Gasteiger partial charge in [0.05, 0.1) is 0 Å². The van der Waals surface area contributed by atoms with Gasteiger partial charge in [0.2, 0.25) is 0 Å². The van der Waals surface area contributed by atoms with Crippen molar-refractivity contribution in [2.24, 2.45) is 5.92 Å². The van der Waals surface area contributed by atoms with E-state index in [2.05, 4.69) is 9.44 Å². The van der Waals surface area contributed by atoms with Gasteiger partial charge in [0, 0.05) is 6.54 Å². The van der Waals surface area contributed by atoms with Gasteiger partial charge in [-0.05, 0) is 11.5 Å². The van der Waals surface area contributed by atoms with Crippen LogP contribution >= 0.6 is 0 Å². The number of hydrogen-bond donors (Lipinski definition) is 3. The van der Waals surface area contributed by atoms with Gasteiger partial charge in [-0.1, -0.05) is 44.2 Å². The van der Waals surface area contributed by atoms with Crippen molar-refractivity contribution in [1.82, 2.24) is 9.44 Å². The Morgan fingerprint density at radius 1 is 1.26 bits per heavy atom. The molecule has 0 aromatic heterocycles. The molecular weight excluding hydrogens is 268 g/mol. The van der Waals surface area contributed by atoms with Gasteiger partial charge in [-0.15, -0.1) is 0 Å². The highest BCUT2D eigenvalue weighted by Gasteiger charge is 2.25. The number of rotatable bonds is 7. The van der Waals surface area contributed by atoms with Crippen molar-refractivity contribution in [1.29, 1.82) is 0 Å². The van der Waals surface area contributed by atoms with Crippen molar-refractivity contribution in [3.63, 3.8) is 0 Å². The summed E-state index contributed by atoms with van der Waals surface area (Å²) in [5.41, 5.74) is 0.380. The lowest BCUT2D eigenvalue weighted by molar-refractivity contribution is -0.139. The van der Waals surface area contributed by atoms with Gasteiger partial charge in [0.1, 0.15) is 6.04 Å². The van der Waals surface area contributed by atoms with E-state index in [0.29, 0.717) is 5.56 Å². The second kappa shape index (κ2) is 6.65. The molecule has 0 heterocycles. The molecule has 106 valence electrons. The van der Waals surface area contributed by atoms with Gasteiger partial charge in [0.15, 0.2) is 0 Å². The predicted molar refractivity (Wildman–Crippen MR) is 71.7 cm³/mol. The lowest BCUT2D eigenvalue weighted by atomic mass is 10.1. The molecule has 0 aliphatic rings. The van der Waals surface area contributed by atoms with Crippen LogP contribution in [0.1, 0.15) is 25.5 Å². The summed E-state index contributed by atoms with van der Waals surface area (Å²) in [4.78, 5) is 11.2. The van der Waals surface area contributed by atoms with Gasteiger partial charge >= 0.3 is 5.97 Å². The molecule has 7 heteroatoms. The Hall–Kier alpha value is -1.44. The average molecular weight is 286 g/mol. The Morgan fingerprint density at radius 2 is 1.84 bits per heavy atom. The number of nitrogens with one attached hydrogen (secondary N) is 2. The molecule has 0 aliphatic carbocycles. The third kappa shape index (κ3) is 5.37. The van der Waals surface area contributed by atoms with Crippen molar-refractivity contribution < 1.29 is 18.3 Å². The molecule has 6 nitrogen and oxygen atoms in total. The summed E-state index contributed by atoms with van der Waals surface area (Å²) in [7, 11) is -3.85. The van der Waals surface area contributed by atoms with Crippen LogP contribution in [-0.4, -0.2) is 26.0 Å². The number of benzene rings is 1. The number of carboxylic acid groups (broad SMARTS) is 1. The molecule has 0 radical (unpaired) electrons. The fraction of sp³-hybridized carbons (Fsp3) is 0.417. The summed E-state index contributed by atoms with van der Waals surface area (Å²) < 4.78 is 27.9. The zero-order valence-corrected chi connectivity index (χ0v) is 11.6. The van der Waals surface area contributed by atoms with Crippen LogP contribution in [0, 0.1) is 5.92 Å². The minimum Gasteiger partial charge on any atom is -0.480 e. The molecule has 1 atom stereocenters. The smallest absolute Gasteiger partial charge is 0.326 e. The highest BCUT2D eigenvalue weighted by atomic mass is 32.2. The zero-order valence-electron chi connectivity index (χ0n) is 10.8. The van der Waals surface area contributed by atoms with E-state index in [0.717, 1.165) is 0 Å². The molecule has 1 aromatic rings. The number of hydrogen-bond acceptors (Lipinski definition) is 3. The molecule has 3 N–H and O–H groups in total. The SMILES string of the molecule is CC(C)CNS(=O)(=O)NC(C(=O)O)c1ccccc1. The quantitative estimate of drug-likeness (QED) is 0.693. The van der Waals surface area contributed by atoms with Crippen molar-refractivity contribution in [3.8, 4) is 0 Å². The molecular formula is C12H18N2O4S. The summed E-state index contributed by atoms with van der Waals surface area (Å²) in [6, 6.07) is 6.86. The second-order valence-electron chi connectivity index (χ2n) is 4.55. The van der Waals surface area contributed by atoms with Gasteiger partial charge in [-0.3, -0.25) is 4.79 Å². The average Bonchev–Trinajstić information content (AvgIpc) is 2.35. The van der Waals surface area contributed by atoms with Crippen molar-refractivity contribution in [3.05, 3.63) is 35.9 Å². The summed E-state index contributed by atoms with van der Waals surface area (Å²) in [5.74, 6) is -1.11. The lowest BCUT2D eigenvalue weighted by Crippen LogP contribution is -2.42. The first kappa shape index (κ1) is 15.6. The zero-order chi connectivity index (χ0) is 14.5. The molecule has 0 saturated heterocycles. The monoisotopic (exact) mass is 286 g/mol. The van der Waals surface area contributed by atoms with Gasteiger partial charge in [0.25, 0.3) is 10.2 Å². The van der Waals surface area contributed by atoms with Crippen LogP contribution in [0.25, 0.3) is 0 Å². The fourth-order valence-corrected chi connectivity index (χ4v) is 2.56. The first-order chi connectivity index (χ1) is 8.82. The lowest BCUT2D eigenvalue weighted by Gasteiger charge is -2.16. The molecule has 0 spiro atoms. The molecule has 0 fully saturated rings. The largest absolute Gasteiger partial charge is 0.480 e. The maximum absolute atomic E-state index is 11.7. The molecule has 0 amide bonds. The Morgan fingerprint density at radius 3 is 2.32 bits per heavy atom. The second-order valence-corrected chi connectivity index (χ2v) is 6.08. The van der Waals surface area contributed by atoms with Crippen LogP contribution in [0.4, 0.5) is 0 Å². The third-order valence-electron chi connectivity index (χ3n) is 2.33. The number of carboxylic acids is 1. The molecule has 1 aromatic carbocycles. The predicted octanol–water partition coefficient (Wildman–Crippen LogP) is 0.892. The van der Waals surface area contributed by atoms with Crippen LogP contribution in [0.2, 0.25) is 0 Å². The molecule has 0 saturated carbocycles. The Kier molecular flexibility index (Phi) is 5.46. The van der Waals surface area contributed by atoms with E-state index in [4.69, 9.17) is 5.11 Å². The van der Waals surface area contributed by atoms with Crippen LogP contribution in [0.5, 0.6) is 0 Å². The van der Waals surface area contributed by atoms with E-state index in [1.54, 1.807) is 30.3 Å². The van der Waals surface area contributed by atoms with E-state index in [-0.39, 0.29) is 12.5 Å². The highest BCUT2D eigenvalue weighted by molar-refractivity contribution is 7.87. The first-order valence-electron chi connectivity index (χ1n) is 5.86. The van der Waals surface area contributed by atoms with Crippen molar-refractivity contribution in [2.45, 2.75) is 19.9 Å². The number of carbonyl (C=O) groups is 1. The summed E-state index contributed by atoms with van der Waals surface area (Å²) >= 11 is 0. The Balaban J connectivity index is 2.83.